The van der Waals surface area contributed by atoms with E-state index >= 15 is 0 Å². The smallest absolute Gasteiger partial charge is 0.226 e. The second kappa shape index (κ2) is 4.74. The number of nitrogens with one attached hydrogen (secondary N) is 1. The van der Waals surface area contributed by atoms with Gasteiger partial charge in [-0.05, 0) is 44.9 Å². The molecule has 0 atom stereocenters. The van der Waals surface area contributed by atoms with E-state index in [9.17, 15) is 9.90 Å². The second-order valence-corrected chi connectivity index (χ2v) is 5.47. The molecule has 0 radical (unpaired) electrons. The van der Waals surface area contributed by atoms with Crippen molar-refractivity contribution in [3.05, 3.63) is 0 Å². The molecular weight excluding hydrogens is 202 g/mol. The van der Waals surface area contributed by atoms with E-state index in [1.807, 2.05) is 0 Å². The molecule has 0 aliphatic heterocycles. The fourth-order valence-electron chi connectivity index (χ4n) is 2.90. The number of carbonyl (C=O) groups excluding carboxylic acids is 1. The van der Waals surface area contributed by atoms with Gasteiger partial charge in [0.2, 0.25) is 5.91 Å². The fourth-order valence-corrected chi connectivity index (χ4v) is 2.90. The Bertz CT molecular complexity index is 247. The zero-order valence-electron chi connectivity index (χ0n) is 10.2. The van der Waals surface area contributed by atoms with Crippen LogP contribution in [0.3, 0.4) is 0 Å². The van der Waals surface area contributed by atoms with Crippen LogP contribution in [0.4, 0.5) is 0 Å². The van der Waals surface area contributed by atoms with Gasteiger partial charge in [0.1, 0.15) is 0 Å². The Kier molecular flexibility index (Phi) is 3.53. The van der Waals surface area contributed by atoms with Gasteiger partial charge in [-0.3, -0.25) is 4.79 Å². The first kappa shape index (κ1) is 11.9. The van der Waals surface area contributed by atoms with Gasteiger partial charge in [-0.2, -0.15) is 0 Å². The van der Waals surface area contributed by atoms with Crippen molar-refractivity contribution in [2.75, 3.05) is 0 Å². The molecule has 1 amide bonds. The molecule has 0 aromatic rings. The van der Waals surface area contributed by atoms with Gasteiger partial charge < -0.3 is 10.4 Å². The molecular formula is C13H23NO2. The molecule has 0 bridgehead atoms. The lowest BCUT2D eigenvalue weighted by atomic mass is 9.66. The summed E-state index contributed by atoms with van der Waals surface area (Å²) in [6.45, 7) is 2.11. The Morgan fingerprint density at radius 2 is 1.94 bits per heavy atom. The maximum absolute atomic E-state index is 12.2. The van der Waals surface area contributed by atoms with E-state index in [0.717, 1.165) is 44.9 Å². The SMILES string of the molecule is CCC1(C(=O)NC2CCC(O)CC2)CCC1. The average molecular weight is 225 g/mol. The minimum absolute atomic E-state index is 0.0456. The lowest BCUT2D eigenvalue weighted by Crippen LogP contribution is -2.49. The van der Waals surface area contributed by atoms with Crippen LogP contribution >= 0.6 is 0 Å². The van der Waals surface area contributed by atoms with Crippen LogP contribution in [0.1, 0.15) is 58.3 Å². The number of carbonyl (C=O) groups is 1. The van der Waals surface area contributed by atoms with Crippen molar-refractivity contribution in [3.8, 4) is 0 Å². The van der Waals surface area contributed by atoms with Gasteiger partial charge in [-0.15, -0.1) is 0 Å². The van der Waals surface area contributed by atoms with E-state index in [-0.39, 0.29) is 17.4 Å². The van der Waals surface area contributed by atoms with Gasteiger partial charge in [0.05, 0.1) is 6.10 Å². The molecule has 0 spiro atoms. The van der Waals surface area contributed by atoms with Gasteiger partial charge in [0, 0.05) is 11.5 Å². The topological polar surface area (TPSA) is 49.3 Å². The molecule has 0 unspecified atom stereocenters. The molecule has 16 heavy (non-hydrogen) atoms. The lowest BCUT2D eigenvalue weighted by molar-refractivity contribution is -0.137. The Hall–Kier alpha value is -0.570. The summed E-state index contributed by atoms with van der Waals surface area (Å²) in [5.41, 5.74) is -0.0456. The van der Waals surface area contributed by atoms with Gasteiger partial charge in [-0.25, -0.2) is 0 Å². The van der Waals surface area contributed by atoms with Crippen molar-refractivity contribution < 1.29 is 9.90 Å². The molecule has 2 rings (SSSR count). The van der Waals surface area contributed by atoms with E-state index in [2.05, 4.69) is 12.2 Å². The van der Waals surface area contributed by atoms with Gasteiger partial charge in [0.15, 0.2) is 0 Å². The number of hydrogen-bond acceptors (Lipinski definition) is 2. The highest BCUT2D eigenvalue weighted by molar-refractivity contribution is 5.83. The van der Waals surface area contributed by atoms with Crippen LogP contribution in [0.15, 0.2) is 0 Å². The van der Waals surface area contributed by atoms with Crippen molar-refractivity contribution in [3.63, 3.8) is 0 Å². The van der Waals surface area contributed by atoms with Crippen LogP contribution in [-0.4, -0.2) is 23.2 Å². The third kappa shape index (κ3) is 2.24. The molecule has 92 valence electrons. The third-order valence-corrected chi connectivity index (χ3v) is 4.50. The van der Waals surface area contributed by atoms with Gasteiger partial charge in [-0.1, -0.05) is 13.3 Å². The third-order valence-electron chi connectivity index (χ3n) is 4.50. The molecule has 2 aliphatic rings. The fraction of sp³-hybridized carbons (Fsp3) is 0.923. The van der Waals surface area contributed by atoms with Crippen molar-refractivity contribution in [2.45, 2.75) is 70.4 Å². The zero-order chi connectivity index (χ0) is 11.6. The van der Waals surface area contributed by atoms with E-state index in [0.29, 0.717) is 6.04 Å². The number of aliphatic hydroxyl groups excluding tert-OH is 1. The largest absolute Gasteiger partial charge is 0.393 e. The maximum atomic E-state index is 12.2. The molecule has 0 heterocycles. The highest BCUT2D eigenvalue weighted by Crippen LogP contribution is 2.44. The Morgan fingerprint density at radius 1 is 1.31 bits per heavy atom. The molecule has 0 saturated heterocycles. The van der Waals surface area contributed by atoms with Crippen LogP contribution in [0.2, 0.25) is 0 Å². The normalized spacial score (nSPS) is 32.9. The van der Waals surface area contributed by atoms with E-state index in [1.54, 1.807) is 0 Å². The zero-order valence-corrected chi connectivity index (χ0v) is 10.2. The van der Waals surface area contributed by atoms with Gasteiger partial charge in [0.25, 0.3) is 0 Å². The number of hydrogen-bond donors (Lipinski definition) is 2. The predicted octanol–water partition coefficient (Wildman–Crippen LogP) is 1.99. The van der Waals surface area contributed by atoms with E-state index in [4.69, 9.17) is 0 Å². The highest BCUT2D eigenvalue weighted by Gasteiger charge is 2.42. The standard InChI is InChI=1S/C13H23NO2/c1-2-13(8-3-9-13)12(16)14-10-4-6-11(15)7-5-10/h10-11,15H,2-9H2,1H3,(H,14,16). The first-order valence-electron chi connectivity index (χ1n) is 6.65. The second-order valence-electron chi connectivity index (χ2n) is 5.47. The first-order chi connectivity index (χ1) is 7.66. The summed E-state index contributed by atoms with van der Waals surface area (Å²) in [5.74, 6) is 0.266. The van der Waals surface area contributed by atoms with Crippen molar-refractivity contribution in [2.24, 2.45) is 5.41 Å². The first-order valence-corrected chi connectivity index (χ1v) is 6.65. The summed E-state index contributed by atoms with van der Waals surface area (Å²) in [7, 11) is 0. The van der Waals surface area contributed by atoms with Crippen LogP contribution in [0, 0.1) is 5.41 Å². The van der Waals surface area contributed by atoms with E-state index in [1.165, 1.54) is 6.42 Å². The number of aliphatic hydroxyl groups is 1. The Balaban J connectivity index is 1.83. The molecule has 3 nitrogen and oxygen atoms in total. The van der Waals surface area contributed by atoms with Crippen LogP contribution < -0.4 is 5.32 Å². The summed E-state index contributed by atoms with van der Waals surface area (Å²) in [4.78, 5) is 12.2. The van der Waals surface area contributed by atoms with E-state index < -0.39 is 0 Å². The van der Waals surface area contributed by atoms with Gasteiger partial charge >= 0.3 is 0 Å². The summed E-state index contributed by atoms with van der Waals surface area (Å²) in [5, 5.41) is 12.6. The highest BCUT2D eigenvalue weighted by atomic mass is 16.3. The molecule has 2 fully saturated rings. The van der Waals surface area contributed by atoms with Crippen LogP contribution in [0.25, 0.3) is 0 Å². The van der Waals surface area contributed by atoms with Crippen molar-refractivity contribution in [1.82, 2.24) is 5.32 Å². The monoisotopic (exact) mass is 225 g/mol. The Labute approximate surface area is 97.6 Å². The Morgan fingerprint density at radius 3 is 2.38 bits per heavy atom. The summed E-state index contributed by atoms with van der Waals surface area (Å²) in [6.07, 6.45) is 7.69. The predicted molar refractivity (Wildman–Crippen MR) is 63.0 cm³/mol. The summed E-state index contributed by atoms with van der Waals surface area (Å²) >= 11 is 0. The summed E-state index contributed by atoms with van der Waals surface area (Å²) < 4.78 is 0. The van der Waals surface area contributed by atoms with Crippen molar-refractivity contribution in [1.29, 1.82) is 0 Å². The number of amides is 1. The van der Waals surface area contributed by atoms with Crippen molar-refractivity contribution >= 4 is 5.91 Å². The summed E-state index contributed by atoms with van der Waals surface area (Å²) in [6, 6.07) is 0.305. The molecule has 2 aliphatic carbocycles. The molecule has 2 N–H and O–H groups in total. The maximum Gasteiger partial charge on any atom is 0.226 e. The quantitative estimate of drug-likeness (QED) is 0.771. The molecule has 0 aromatic heterocycles. The molecule has 0 aromatic carbocycles. The minimum atomic E-state index is -0.142. The molecule has 2 saturated carbocycles. The average Bonchev–Trinajstić information content (AvgIpc) is 2.21. The minimum Gasteiger partial charge on any atom is -0.393 e. The molecule has 3 heteroatoms. The van der Waals surface area contributed by atoms with Crippen LogP contribution in [-0.2, 0) is 4.79 Å². The van der Waals surface area contributed by atoms with Crippen LogP contribution in [0.5, 0.6) is 0 Å². The number of rotatable bonds is 3. The lowest BCUT2D eigenvalue weighted by Gasteiger charge is -2.41.